The van der Waals surface area contributed by atoms with Crippen LogP contribution >= 0.6 is 0 Å². The van der Waals surface area contributed by atoms with Gasteiger partial charge in [-0.05, 0) is 43.0 Å². The molecule has 5 nitrogen and oxygen atoms in total. The molecule has 0 saturated heterocycles. The Morgan fingerprint density at radius 2 is 1.93 bits per heavy atom. The lowest BCUT2D eigenvalue weighted by molar-refractivity contribution is -0.111. The van der Waals surface area contributed by atoms with Crippen molar-refractivity contribution in [2.45, 2.75) is 39.2 Å². The summed E-state index contributed by atoms with van der Waals surface area (Å²) >= 11 is 0. The highest BCUT2D eigenvalue weighted by Gasteiger charge is 2.16. The van der Waals surface area contributed by atoms with E-state index in [0.717, 1.165) is 53.4 Å². The normalized spacial score (nSPS) is 13.9. The van der Waals surface area contributed by atoms with E-state index in [4.69, 9.17) is 0 Å². The van der Waals surface area contributed by atoms with Crippen LogP contribution in [0.15, 0.2) is 54.6 Å². The first-order valence-corrected chi connectivity index (χ1v) is 9.78. The van der Waals surface area contributed by atoms with Gasteiger partial charge in [0.25, 0.3) is 0 Å². The third kappa shape index (κ3) is 4.03. The number of aromatic nitrogens is 3. The van der Waals surface area contributed by atoms with Crippen LogP contribution in [0.2, 0.25) is 0 Å². The number of rotatable bonds is 4. The van der Waals surface area contributed by atoms with Gasteiger partial charge in [-0.3, -0.25) is 4.79 Å². The minimum atomic E-state index is -0.149. The smallest absolute Gasteiger partial charge is 0.248 e. The summed E-state index contributed by atoms with van der Waals surface area (Å²) in [5, 5.41) is 11.8. The number of hydrogen-bond donors (Lipinski definition) is 1. The van der Waals surface area contributed by atoms with Crippen molar-refractivity contribution in [3.63, 3.8) is 0 Å². The van der Waals surface area contributed by atoms with E-state index < -0.39 is 0 Å². The summed E-state index contributed by atoms with van der Waals surface area (Å²) in [6.07, 6.45) is 7.90. The molecule has 1 aliphatic heterocycles. The molecule has 0 unspecified atom stereocenters. The Morgan fingerprint density at radius 1 is 1.07 bits per heavy atom. The largest absolute Gasteiger partial charge is 0.322 e. The second kappa shape index (κ2) is 8.21. The van der Waals surface area contributed by atoms with Gasteiger partial charge in [-0.1, -0.05) is 48.9 Å². The Hall–Kier alpha value is -3.21. The highest BCUT2D eigenvalue weighted by atomic mass is 16.1. The number of nitrogens with zero attached hydrogens (tertiary/aromatic N) is 3. The van der Waals surface area contributed by atoms with E-state index in [1.165, 1.54) is 12.8 Å². The summed E-state index contributed by atoms with van der Waals surface area (Å²) in [5.74, 6) is 1.79. The van der Waals surface area contributed by atoms with Gasteiger partial charge in [0, 0.05) is 30.3 Å². The Bertz CT molecular complexity index is 1000. The van der Waals surface area contributed by atoms with E-state index in [1.54, 1.807) is 6.08 Å². The average molecular weight is 372 g/mol. The van der Waals surface area contributed by atoms with Gasteiger partial charge in [0.05, 0.1) is 0 Å². The molecule has 4 rings (SSSR count). The number of carbonyl (C=O) groups excluding carboxylic acids is 1. The first-order chi connectivity index (χ1) is 13.7. The van der Waals surface area contributed by atoms with Gasteiger partial charge in [-0.2, -0.15) is 0 Å². The maximum atomic E-state index is 12.4. The van der Waals surface area contributed by atoms with Crippen molar-refractivity contribution in [3.8, 4) is 11.4 Å². The fraction of sp³-hybridized carbons (Fsp3) is 0.261. The molecular formula is C23H24N4O. The van der Waals surface area contributed by atoms with Crippen molar-refractivity contribution >= 4 is 17.7 Å². The van der Waals surface area contributed by atoms with E-state index >= 15 is 0 Å². The fourth-order valence-electron chi connectivity index (χ4n) is 3.50. The maximum absolute atomic E-state index is 12.4. The number of anilines is 1. The van der Waals surface area contributed by atoms with Gasteiger partial charge < -0.3 is 9.88 Å². The molecule has 0 fully saturated rings. The van der Waals surface area contributed by atoms with Gasteiger partial charge in [-0.25, -0.2) is 0 Å². The van der Waals surface area contributed by atoms with Crippen LogP contribution in [0.5, 0.6) is 0 Å². The molecule has 1 aromatic heterocycles. The Morgan fingerprint density at radius 3 is 2.79 bits per heavy atom. The van der Waals surface area contributed by atoms with Crippen molar-refractivity contribution < 1.29 is 4.79 Å². The molecule has 28 heavy (non-hydrogen) atoms. The standard InChI is InChI=1S/C23H24N4O/c1-17-11-13-19(23-26-25-21-10-6-3-7-15-27(21)23)16-20(17)24-22(28)14-12-18-8-4-2-5-9-18/h2,4-5,8-9,11-14,16H,3,6-7,10,15H2,1H3,(H,24,28)/b14-12+. The van der Waals surface area contributed by atoms with Crippen molar-refractivity contribution in [2.24, 2.45) is 0 Å². The van der Waals surface area contributed by atoms with Crippen molar-refractivity contribution in [3.05, 3.63) is 71.6 Å². The monoisotopic (exact) mass is 372 g/mol. The molecule has 0 spiro atoms. The SMILES string of the molecule is Cc1ccc(-c2nnc3n2CCCCC3)cc1NC(=O)/C=C/c1ccccc1. The molecule has 0 bridgehead atoms. The maximum Gasteiger partial charge on any atom is 0.248 e. The Kier molecular flexibility index (Phi) is 5.33. The molecule has 0 atom stereocenters. The third-order valence-electron chi connectivity index (χ3n) is 5.09. The number of aryl methyl sites for hydroxylation is 2. The summed E-state index contributed by atoms with van der Waals surface area (Å²) in [6, 6.07) is 15.8. The Balaban J connectivity index is 1.55. The minimum Gasteiger partial charge on any atom is -0.322 e. The van der Waals surface area contributed by atoms with Crippen LogP contribution in [0.25, 0.3) is 17.5 Å². The highest BCUT2D eigenvalue weighted by molar-refractivity contribution is 6.02. The first kappa shape index (κ1) is 18.2. The number of nitrogens with one attached hydrogen (secondary N) is 1. The van der Waals surface area contributed by atoms with Gasteiger partial charge in [0.1, 0.15) is 5.82 Å². The van der Waals surface area contributed by atoms with E-state index in [9.17, 15) is 4.79 Å². The molecule has 1 amide bonds. The van der Waals surface area contributed by atoms with Gasteiger partial charge in [0.2, 0.25) is 5.91 Å². The zero-order chi connectivity index (χ0) is 19.3. The quantitative estimate of drug-likeness (QED) is 0.679. The van der Waals surface area contributed by atoms with Crippen LogP contribution in [0.3, 0.4) is 0 Å². The molecule has 1 aliphatic rings. The van der Waals surface area contributed by atoms with E-state index in [-0.39, 0.29) is 5.91 Å². The van der Waals surface area contributed by atoms with Crippen molar-refractivity contribution in [1.82, 2.24) is 14.8 Å². The van der Waals surface area contributed by atoms with Gasteiger partial charge in [-0.15, -0.1) is 10.2 Å². The molecule has 0 radical (unpaired) electrons. The van der Waals surface area contributed by atoms with Crippen LogP contribution in [0.1, 0.15) is 36.2 Å². The molecule has 0 aliphatic carbocycles. The average Bonchev–Trinajstić information content (AvgIpc) is 2.97. The molecule has 2 aromatic carbocycles. The fourth-order valence-corrected chi connectivity index (χ4v) is 3.50. The van der Waals surface area contributed by atoms with E-state index in [0.29, 0.717) is 0 Å². The second-order valence-corrected chi connectivity index (χ2v) is 7.17. The van der Waals surface area contributed by atoms with Crippen LogP contribution in [-0.4, -0.2) is 20.7 Å². The predicted molar refractivity (Wildman–Crippen MR) is 112 cm³/mol. The number of benzene rings is 2. The summed E-state index contributed by atoms with van der Waals surface area (Å²) in [6.45, 7) is 2.94. The number of fused-ring (bicyclic) bond motifs is 1. The highest BCUT2D eigenvalue weighted by Crippen LogP contribution is 2.27. The predicted octanol–water partition coefficient (Wildman–Crippen LogP) is 4.63. The molecule has 0 saturated carbocycles. The first-order valence-electron chi connectivity index (χ1n) is 9.78. The molecular weight excluding hydrogens is 348 g/mol. The van der Waals surface area contributed by atoms with Gasteiger partial charge in [0.15, 0.2) is 5.82 Å². The summed E-state index contributed by atoms with van der Waals surface area (Å²) in [7, 11) is 0. The molecule has 3 aromatic rings. The zero-order valence-electron chi connectivity index (χ0n) is 16.1. The van der Waals surface area contributed by atoms with Crippen LogP contribution < -0.4 is 5.32 Å². The minimum absolute atomic E-state index is 0.149. The Labute approximate surface area is 165 Å². The van der Waals surface area contributed by atoms with Crippen LogP contribution in [0.4, 0.5) is 5.69 Å². The van der Waals surface area contributed by atoms with E-state index in [1.807, 2.05) is 61.5 Å². The molecule has 2 heterocycles. The van der Waals surface area contributed by atoms with Crippen LogP contribution in [0, 0.1) is 6.92 Å². The topological polar surface area (TPSA) is 59.8 Å². The number of hydrogen-bond acceptors (Lipinski definition) is 3. The van der Waals surface area contributed by atoms with Gasteiger partial charge >= 0.3 is 0 Å². The van der Waals surface area contributed by atoms with Crippen LogP contribution in [-0.2, 0) is 17.8 Å². The lowest BCUT2D eigenvalue weighted by Gasteiger charge is -2.11. The number of amides is 1. The lowest BCUT2D eigenvalue weighted by atomic mass is 10.1. The lowest BCUT2D eigenvalue weighted by Crippen LogP contribution is -2.09. The summed E-state index contributed by atoms with van der Waals surface area (Å²) < 4.78 is 2.22. The summed E-state index contributed by atoms with van der Waals surface area (Å²) in [5.41, 5.74) is 3.79. The zero-order valence-corrected chi connectivity index (χ0v) is 16.1. The van der Waals surface area contributed by atoms with E-state index in [2.05, 4.69) is 20.1 Å². The van der Waals surface area contributed by atoms with Crippen molar-refractivity contribution in [1.29, 1.82) is 0 Å². The third-order valence-corrected chi connectivity index (χ3v) is 5.09. The molecule has 1 N–H and O–H groups in total. The number of carbonyl (C=O) groups is 1. The molecule has 5 heteroatoms. The molecule has 142 valence electrons. The van der Waals surface area contributed by atoms with Crippen molar-refractivity contribution in [2.75, 3.05) is 5.32 Å². The second-order valence-electron chi connectivity index (χ2n) is 7.17. The summed E-state index contributed by atoms with van der Waals surface area (Å²) in [4.78, 5) is 12.4.